The molecule has 2 aromatic rings. The van der Waals surface area contributed by atoms with Crippen LogP contribution in [-0.2, 0) is 0 Å². The molecule has 0 radical (unpaired) electrons. The molecule has 0 heterocycles. The first kappa shape index (κ1) is 14.1. The van der Waals surface area contributed by atoms with Crippen molar-refractivity contribution in [3.05, 3.63) is 56.5 Å². The van der Waals surface area contributed by atoms with Crippen molar-refractivity contribution in [3.63, 3.8) is 0 Å². The fraction of sp³-hybridized carbons (Fsp3) is 0. The molecule has 19 heavy (non-hydrogen) atoms. The van der Waals surface area contributed by atoms with E-state index in [1.807, 2.05) is 0 Å². The first-order valence-electron chi connectivity index (χ1n) is 5.15. The molecule has 0 saturated heterocycles. The Morgan fingerprint density at radius 1 is 1.11 bits per heavy atom. The maximum atomic E-state index is 13.4. The molecule has 98 valence electrons. The van der Waals surface area contributed by atoms with Gasteiger partial charge in [-0.25, -0.2) is 13.8 Å². The third-order valence-electron chi connectivity index (χ3n) is 2.33. The monoisotopic (exact) mass is 389 g/mol. The molecule has 1 N–H and O–H groups in total. The van der Waals surface area contributed by atoms with Gasteiger partial charge in [0.15, 0.2) is 11.6 Å². The molecular formula is C13H7Br2F2NO. The molecule has 0 bridgehead atoms. The summed E-state index contributed by atoms with van der Waals surface area (Å²) < 4.78 is 27.9. The van der Waals surface area contributed by atoms with Crippen LogP contribution in [0.15, 0.2) is 44.3 Å². The second-order valence-electron chi connectivity index (χ2n) is 3.65. The highest BCUT2D eigenvalue weighted by Crippen LogP contribution is 2.31. The number of nitrogens with zero attached hydrogens (tertiary/aromatic N) is 1. The van der Waals surface area contributed by atoms with E-state index in [1.54, 1.807) is 12.1 Å². The van der Waals surface area contributed by atoms with E-state index >= 15 is 0 Å². The van der Waals surface area contributed by atoms with Crippen LogP contribution in [-0.4, -0.2) is 11.3 Å². The molecule has 0 atom stereocenters. The van der Waals surface area contributed by atoms with Gasteiger partial charge in [-0.1, -0.05) is 22.0 Å². The summed E-state index contributed by atoms with van der Waals surface area (Å²) in [5.74, 6) is -1.57. The molecular weight excluding hydrogens is 384 g/mol. The highest BCUT2D eigenvalue weighted by Gasteiger charge is 2.08. The lowest BCUT2D eigenvalue weighted by Gasteiger charge is -2.03. The van der Waals surface area contributed by atoms with Gasteiger partial charge in [-0.05, 0) is 40.2 Å². The Labute approximate surface area is 125 Å². The molecule has 2 nitrogen and oxygen atoms in total. The number of aromatic hydroxyl groups is 1. The Kier molecular flexibility index (Phi) is 4.31. The number of aliphatic imine (C=N–C) groups is 1. The largest absolute Gasteiger partial charge is 0.506 e. The molecule has 0 spiro atoms. The summed E-state index contributed by atoms with van der Waals surface area (Å²) in [6, 6.07) is 6.73. The minimum absolute atomic E-state index is 0.0521. The first-order valence-corrected chi connectivity index (χ1v) is 6.73. The minimum atomic E-state index is -0.759. The Balaban J connectivity index is 2.44. The molecule has 2 rings (SSSR count). The molecule has 0 aliphatic heterocycles. The molecule has 0 amide bonds. The number of hydrogen-bond donors (Lipinski definition) is 1. The summed E-state index contributed by atoms with van der Waals surface area (Å²) in [5.41, 5.74) is -0.0538. The van der Waals surface area contributed by atoms with E-state index in [1.165, 1.54) is 12.3 Å². The zero-order valence-corrected chi connectivity index (χ0v) is 12.5. The second-order valence-corrected chi connectivity index (χ2v) is 5.42. The summed E-state index contributed by atoms with van der Waals surface area (Å²) in [5, 5.41) is 9.79. The Hall–Kier alpha value is -1.27. The predicted octanol–water partition coefficient (Wildman–Crippen LogP) is 4.95. The first-order chi connectivity index (χ1) is 8.99. The standard InChI is InChI=1S/C13H7Br2F2NO/c14-8-4-7(13(19)9(15)5-8)6-18-12-10(16)2-1-3-11(12)17/h1-6,19H. The van der Waals surface area contributed by atoms with Crippen LogP contribution in [0.4, 0.5) is 14.5 Å². The van der Waals surface area contributed by atoms with Gasteiger partial charge in [-0.2, -0.15) is 0 Å². The topological polar surface area (TPSA) is 32.6 Å². The fourth-order valence-electron chi connectivity index (χ4n) is 1.43. The van der Waals surface area contributed by atoms with Crippen LogP contribution in [0.1, 0.15) is 5.56 Å². The van der Waals surface area contributed by atoms with Gasteiger partial charge in [0.05, 0.1) is 4.47 Å². The van der Waals surface area contributed by atoms with Crippen molar-refractivity contribution in [2.24, 2.45) is 4.99 Å². The molecule has 0 aromatic heterocycles. The number of hydrogen-bond acceptors (Lipinski definition) is 2. The summed E-state index contributed by atoms with van der Waals surface area (Å²) in [6.07, 6.45) is 1.20. The number of phenols is 1. The van der Waals surface area contributed by atoms with Crippen LogP contribution >= 0.6 is 31.9 Å². The fourth-order valence-corrected chi connectivity index (χ4v) is 2.69. The lowest BCUT2D eigenvalue weighted by Crippen LogP contribution is -1.87. The van der Waals surface area contributed by atoms with Crippen LogP contribution in [0, 0.1) is 11.6 Å². The lowest BCUT2D eigenvalue weighted by molar-refractivity contribution is 0.471. The Bertz CT molecular complexity index is 639. The average Bonchev–Trinajstić information content (AvgIpc) is 2.34. The normalized spacial score (nSPS) is 11.2. The van der Waals surface area contributed by atoms with Crippen molar-refractivity contribution in [2.75, 3.05) is 0 Å². The zero-order chi connectivity index (χ0) is 14.0. The third kappa shape index (κ3) is 3.19. The highest BCUT2D eigenvalue weighted by atomic mass is 79.9. The summed E-state index contributed by atoms with van der Waals surface area (Å²) in [7, 11) is 0. The van der Waals surface area contributed by atoms with E-state index in [0.717, 1.165) is 12.1 Å². The maximum Gasteiger partial charge on any atom is 0.151 e. The van der Waals surface area contributed by atoms with Gasteiger partial charge in [0, 0.05) is 16.3 Å². The van der Waals surface area contributed by atoms with E-state index in [0.29, 0.717) is 14.5 Å². The SMILES string of the molecule is Oc1c(Br)cc(Br)cc1C=Nc1c(F)cccc1F. The maximum absolute atomic E-state index is 13.4. The van der Waals surface area contributed by atoms with Crippen LogP contribution < -0.4 is 0 Å². The average molecular weight is 391 g/mol. The summed E-state index contributed by atoms with van der Waals surface area (Å²) >= 11 is 6.41. The van der Waals surface area contributed by atoms with Crippen molar-refractivity contribution < 1.29 is 13.9 Å². The van der Waals surface area contributed by atoms with Crippen LogP contribution in [0.3, 0.4) is 0 Å². The number of rotatable bonds is 2. The van der Waals surface area contributed by atoms with E-state index in [9.17, 15) is 13.9 Å². The Morgan fingerprint density at radius 2 is 1.74 bits per heavy atom. The number of benzene rings is 2. The number of para-hydroxylation sites is 1. The van der Waals surface area contributed by atoms with Gasteiger partial charge >= 0.3 is 0 Å². The van der Waals surface area contributed by atoms with Crippen molar-refractivity contribution in [1.82, 2.24) is 0 Å². The molecule has 6 heteroatoms. The summed E-state index contributed by atoms with van der Waals surface area (Å²) in [6.45, 7) is 0. The third-order valence-corrected chi connectivity index (χ3v) is 3.39. The quantitative estimate of drug-likeness (QED) is 0.723. The van der Waals surface area contributed by atoms with E-state index in [-0.39, 0.29) is 5.75 Å². The Morgan fingerprint density at radius 3 is 2.37 bits per heavy atom. The van der Waals surface area contributed by atoms with Gasteiger partial charge < -0.3 is 5.11 Å². The van der Waals surface area contributed by atoms with Crippen molar-refractivity contribution >= 4 is 43.8 Å². The minimum Gasteiger partial charge on any atom is -0.506 e. The van der Waals surface area contributed by atoms with E-state index in [2.05, 4.69) is 36.9 Å². The highest BCUT2D eigenvalue weighted by molar-refractivity contribution is 9.11. The second kappa shape index (κ2) is 5.79. The van der Waals surface area contributed by atoms with Gasteiger partial charge in [-0.3, -0.25) is 0 Å². The van der Waals surface area contributed by atoms with Gasteiger partial charge in [-0.15, -0.1) is 0 Å². The molecule has 0 aliphatic rings. The van der Waals surface area contributed by atoms with Crippen molar-refractivity contribution in [1.29, 1.82) is 0 Å². The van der Waals surface area contributed by atoms with Crippen LogP contribution in [0.2, 0.25) is 0 Å². The molecule has 2 aromatic carbocycles. The number of phenolic OH excluding ortho intramolecular Hbond substituents is 1. The van der Waals surface area contributed by atoms with Crippen molar-refractivity contribution in [2.45, 2.75) is 0 Å². The smallest absolute Gasteiger partial charge is 0.151 e. The van der Waals surface area contributed by atoms with Gasteiger partial charge in [0.25, 0.3) is 0 Å². The summed E-state index contributed by atoms with van der Waals surface area (Å²) in [4.78, 5) is 3.74. The predicted molar refractivity (Wildman–Crippen MR) is 77.1 cm³/mol. The van der Waals surface area contributed by atoms with Crippen LogP contribution in [0.25, 0.3) is 0 Å². The molecule has 0 saturated carbocycles. The number of halogens is 4. The van der Waals surface area contributed by atoms with Crippen LogP contribution in [0.5, 0.6) is 5.75 Å². The van der Waals surface area contributed by atoms with Gasteiger partial charge in [0.1, 0.15) is 11.4 Å². The molecule has 0 aliphatic carbocycles. The van der Waals surface area contributed by atoms with E-state index < -0.39 is 17.3 Å². The van der Waals surface area contributed by atoms with Gasteiger partial charge in [0.2, 0.25) is 0 Å². The van der Waals surface area contributed by atoms with E-state index in [4.69, 9.17) is 0 Å². The molecule has 0 unspecified atom stereocenters. The lowest BCUT2D eigenvalue weighted by atomic mass is 10.2. The molecule has 0 fully saturated rings. The zero-order valence-electron chi connectivity index (χ0n) is 9.37. The van der Waals surface area contributed by atoms with Crippen molar-refractivity contribution in [3.8, 4) is 5.75 Å².